The van der Waals surface area contributed by atoms with Crippen molar-refractivity contribution < 1.29 is 0 Å². The van der Waals surface area contributed by atoms with E-state index in [4.69, 9.17) is 0 Å². The van der Waals surface area contributed by atoms with E-state index < -0.39 is 0 Å². The third-order valence-electron chi connectivity index (χ3n) is 3.46. The second-order valence-electron chi connectivity index (χ2n) is 5.54. The van der Waals surface area contributed by atoms with Gasteiger partial charge in [-0.15, -0.1) is 0 Å². The van der Waals surface area contributed by atoms with Crippen LogP contribution in [0.2, 0.25) is 0 Å². The van der Waals surface area contributed by atoms with Gasteiger partial charge in [0.15, 0.2) is 0 Å². The third-order valence-corrected chi connectivity index (χ3v) is 3.46. The molecule has 1 aliphatic carbocycles. The molecule has 1 aliphatic rings. The normalized spacial score (nSPS) is 16.6. The highest BCUT2D eigenvalue weighted by Gasteiger charge is 2.20. The second kappa shape index (κ2) is 6.19. The molecule has 0 bridgehead atoms. The number of nitrogens with zero attached hydrogens (tertiary/aromatic N) is 2. The molecule has 100 valence electrons. The largest absolute Gasteiger partial charge is 0.331 e. The monoisotopic (exact) mass is 247 g/mol. The summed E-state index contributed by atoms with van der Waals surface area (Å²) in [5.74, 6) is 0.584. The van der Waals surface area contributed by atoms with E-state index in [0.29, 0.717) is 5.92 Å². The van der Waals surface area contributed by atoms with Crippen LogP contribution in [0, 0.1) is 5.92 Å². The number of nitrogens with one attached hydrogen (secondary N) is 1. The fourth-order valence-corrected chi connectivity index (χ4v) is 2.04. The summed E-state index contributed by atoms with van der Waals surface area (Å²) in [7, 11) is 0. The van der Waals surface area contributed by atoms with Crippen LogP contribution < -0.4 is 5.32 Å². The summed E-state index contributed by atoms with van der Waals surface area (Å²) in [5.41, 5.74) is 2.71. The van der Waals surface area contributed by atoms with Gasteiger partial charge in [-0.1, -0.05) is 26.3 Å². The van der Waals surface area contributed by atoms with E-state index in [2.05, 4.69) is 41.7 Å². The van der Waals surface area contributed by atoms with Crippen molar-refractivity contribution in [2.75, 3.05) is 6.54 Å². The fourth-order valence-electron chi connectivity index (χ4n) is 2.04. The number of hydrogen-bond acceptors (Lipinski definition) is 2. The summed E-state index contributed by atoms with van der Waals surface area (Å²) in [6, 6.07) is 0.771. The number of aryl methyl sites for hydroxylation is 1. The zero-order valence-corrected chi connectivity index (χ0v) is 11.8. The zero-order valence-electron chi connectivity index (χ0n) is 11.8. The molecule has 0 amide bonds. The molecule has 0 unspecified atom stereocenters. The lowest BCUT2D eigenvalue weighted by atomic mass is 10.0. The van der Waals surface area contributed by atoms with Gasteiger partial charge in [0.2, 0.25) is 0 Å². The molecule has 1 aromatic heterocycles. The molecule has 1 heterocycles. The first-order valence-electron chi connectivity index (χ1n) is 7.14. The van der Waals surface area contributed by atoms with Crippen molar-refractivity contribution in [3.05, 3.63) is 23.8 Å². The maximum Gasteiger partial charge on any atom is 0.0950 e. The minimum atomic E-state index is 0.584. The number of imidazole rings is 1. The van der Waals surface area contributed by atoms with Gasteiger partial charge >= 0.3 is 0 Å². The summed E-state index contributed by atoms with van der Waals surface area (Å²) in [4.78, 5) is 4.26. The Balaban J connectivity index is 2.06. The van der Waals surface area contributed by atoms with Gasteiger partial charge in [-0.2, -0.15) is 0 Å². The molecular weight excluding hydrogens is 222 g/mol. The molecular formula is C15H25N3. The van der Waals surface area contributed by atoms with Crippen molar-refractivity contribution in [2.45, 2.75) is 52.6 Å². The molecule has 0 atom stereocenters. The molecule has 18 heavy (non-hydrogen) atoms. The van der Waals surface area contributed by atoms with Crippen molar-refractivity contribution in [1.29, 1.82) is 0 Å². The van der Waals surface area contributed by atoms with Gasteiger partial charge in [0, 0.05) is 19.1 Å². The fraction of sp³-hybridized carbons (Fsp3) is 0.667. The molecule has 0 aromatic carbocycles. The Morgan fingerprint density at radius 1 is 1.56 bits per heavy atom. The molecule has 0 saturated heterocycles. The van der Waals surface area contributed by atoms with Crippen molar-refractivity contribution in [1.82, 2.24) is 14.9 Å². The van der Waals surface area contributed by atoms with Crippen LogP contribution in [0.5, 0.6) is 0 Å². The van der Waals surface area contributed by atoms with E-state index in [1.807, 2.05) is 12.5 Å². The Hall–Kier alpha value is -1.09. The van der Waals surface area contributed by atoms with Crippen LogP contribution >= 0.6 is 0 Å². The molecule has 1 aromatic rings. The number of rotatable bonds is 7. The number of hydrogen-bond donors (Lipinski definition) is 1. The van der Waals surface area contributed by atoms with E-state index in [1.54, 1.807) is 0 Å². The molecule has 1 N–H and O–H groups in total. The lowest BCUT2D eigenvalue weighted by Crippen LogP contribution is -2.21. The Kier molecular flexibility index (Phi) is 4.59. The number of aromatic nitrogens is 2. The minimum Gasteiger partial charge on any atom is -0.331 e. The van der Waals surface area contributed by atoms with E-state index >= 15 is 0 Å². The Morgan fingerprint density at radius 3 is 2.94 bits per heavy atom. The first-order chi connectivity index (χ1) is 8.70. The predicted octanol–water partition coefficient (Wildman–Crippen LogP) is 3.08. The van der Waals surface area contributed by atoms with Gasteiger partial charge in [-0.05, 0) is 31.3 Å². The summed E-state index contributed by atoms with van der Waals surface area (Å²) < 4.78 is 2.24. The summed E-state index contributed by atoms with van der Waals surface area (Å²) in [5, 5.41) is 3.60. The highest BCUT2D eigenvalue weighted by molar-refractivity contribution is 5.49. The van der Waals surface area contributed by atoms with Crippen LogP contribution in [-0.4, -0.2) is 22.1 Å². The molecule has 0 radical (unpaired) electrons. The predicted molar refractivity (Wildman–Crippen MR) is 76.4 cm³/mol. The van der Waals surface area contributed by atoms with Crippen LogP contribution in [0.1, 0.15) is 45.7 Å². The Morgan fingerprint density at radius 2 is 2.33 bits per heavy atom. The van der Waals surface area contributed by atoms with Crippen LogP contribution in [0.25, 0.3) is 6.08 Å². The lowest BCUT2D eigenvalue weighted by molar-refractivity contribution is 0.655. The Labute approximate surface area is 110 Å². The molecule has 3 nitrogen and oxygen atoms in total. The van der Waals surface area contributed by atoms with Crippen molar-refractivity contribution >= 4 is 6.08 Å². The maximum absolute atomic E-state index is 4.26. The summed E-state index contributed by atoms with van der Waals surface area (Å²) in [6.07, 6.45) is 10.0. The highest BCUT2D eigenvalue weighted by atomic mass is 15.0. The first-order valence-corrected chi connectivity index (χ1v) is 7.14. The van der Waals surface area contributed by atoms with Gasteiger partial charge in [-0.3, -0.25) is 0 Å². The quantitative estimate of drug-likeness (QED) is 0.802. The van der Waals surface area contributed by atoms with Crippen LogP contribution in [0.4, 0.5) is 0 Å². The SMILES string of the molecule is CCCn1cncc1C=C(CNC1CC1)C(C)C. The van der Waals surface area contributed by atoms with Crippen LogP contribution in [0.3, 0.4) is 0 Å². The lowest BCUT2D eigenvalue weighted by Gasteiger charge is -2.13. The minimum absolute atomic E-state index is 0.584. The van der Waals surface area contributed by atoms with Gasteiger partial charge in [-0.25, -0.2) is 4.98 Å². The molecule has 2 rings (SSSR count). The summed E-state index contributed by atoms with van der Waals surface area (Å²) in [6.45, 7) is 8.79. The maximum atomic E-state index is 4.26. The molecule has 1 fully saturated rings. The highest BCUT2D eigenvalue weighted by Crippen LogP contribution is 2.21. The van der Waals surface area contributed by atoms with Crippen LogP contribution in [-0.2, 0) is 6.54 Å². The van der Waals surface area contributed by atoms with Crippen molar-refractivity contribution in [2.24, 2.45) is 5.92 Å². The standard InChI is InChI=1S/C15H25N3/c1-4-7-18-11-16-10-15(18)8-13(12(2)3)9-17-14-5-6-14/h8,10-12,14,17H,4-7,9H2,1-3H3. The van der Waals surface area contributed by atoms with Gasteiger partial charge in [0.1, 0.15) is 0 Å². The van der Waals surface area contributed by atoms with E-state index in [1.165, 1.54) is 24.1 Å². The van der Waals surface area contributed by atoms with E-state index in [-0.39, 0.29) is 0 Å². The smallest absolute Gasteiger partial charge is 0.0950 e. The second-order valence-corrected chi connectivity index (χ2v) is 5.54. The zero-order chi connectivity index (χ0) is 13.0. The molecule has 0 aliphatic heterocycles. The molecule has 3 heteroatoms. The van der Waals surface area contributed by atoms with Gasteiger partial charge < -0.3 is 9.88 Å². The van der Waals surface area contributed by atoms with Crippen LogP contribution in [0.15, 0.2) is 18.1 Å². The van der Waals surface area contributed by atoms with Gasteiger partial charge in [0.05, 0.1) is 18.2 Å². The third kappa shape index (κ3) is 3.70. The van der Waals surface area contributed by atoms with Crippen molar-refractivity contribution in [3.63, 3.8) is 0 Å². The topological polar surface area (TPSA) is 29.9 Å². The van der Waals surface area contributed by atoms with E-state index in [0.717, 1.165) is 25.6 Å². The molecule has 1 saturated carbocycles. The molecule has 0 spiro atoms. The van der Waals surface area contributed by atoms with Gasteiger partial charge in [0.25, 0.3) is 0 Å². The van der Waals surface area contributed by atoms with Crippen molar-refractivity contribution in [3.8, 4) is 0 Å². The average molecular weight is 247 g/mol. The Bertz CT molecular complexity index is 400. The average Bonchev–Trinajstić information content (AvgIpc) is 3.06. The first kappa shape index (κ1) is 13.3. The summed E-state index contributed by atoms with van der Waals surface area (Å²) >= 11 is 0. The van der Waals surface area contributed by atoms with E-state index in [9.17, 15) is 0 Å².